The fraction of sp³-hybridized carbons (Fsp3) is 0.438. The van der Waals surface area contributed by atoms with Crippen LogP contribution in [0.3, 0.4) is 0 Å². The molecule has 0 unspecified atom stereocenters. The van der Waals surface area contributed by atoms with Crippen LogP contribution in [0.2, 0.25) is 10.0 Å². The molecule has 1 aromatic heterocycles. The van der Waals surface area contributed by atoms with Gasteiger partial charge in [0.15, 0.2) is 0 Å². The summed E-state index contributed by atoms with van der Waals surface area (Å²) in [7, 11) is 0. The highest BCUT2D eigenvalue weighted by molar-refractivity contribution is 6.39. The van der Waals surface area contributed by atoms with Gasteiger partial charge in [-0.25, -0.2) is 0 Å². The Hall–Kier alpha value is -0.990. The summed E-state index contributed by atoms with van der Waals surface area (Å²) in [5, 5.41) is 5.59. The second kappa shape index (κ2) is 4.78. The molecular weight excluding hydrogens is 293 g/mol. The maximum Gasteiger partial charge on any atom is 0.143 e. The van der Waals surface area contributed by atoms with Gasteiger partial charge < -0.3 is 4.52 Å². The molecule has 0 N–H and O–H groups in total. The van der Waals surface area contributed by atoms with Crippen molar-refractivity contribution in [1.29, 1.82) is 0 Å². The molecule has 20 heavy (non-hydrogen) atoms. The maximum atomic E-state index is 6.33. The van der Waals surface area contributed by atoms with E-state index in [2.05, 4.69) is 5.16 Å². The Kier molecular flexibility index (Phi) is 3.04. The standard InChI is InChI=1S/C16H15Cl2NO/c17-12-2-1-3-13(18)14(12)15-11(8-9-4-5-9)16(20-19-15)10-6-7-10/h1-3,9-10H,4-8H2. The van der Waals surface area contributed by atoms with Crippen LogP contribution in [0.5, 0.6) is 0 Å². The third-order valence-corrected chi connectivity index (χ3v) is 4.79. The smallest absolute Gasteiger partial charge is 0.143 e. The number of hydrogen-bond acceptors (Lipinski definition) is 2. The predicted octanol–water partition coefficient (Wildman–Crippen LogP) is 5.48. The zero-order chi connectivity index (χ0) is 13.7. The summed E-state index contributed by atoms with van der Waals surface area (Å²) >= 11 is 12.7. The Morgan fingerprint density at radius 1 is 1.10 bits per heavy atom. The Morgan fingerprint density at radius 3 is 2.40 bits per heavy atom. The summed E-state index contributed by atoms with van der Waals surface area (Å²) in [5.41, 5.74) is 2.92. The Balaban J connectivity index is 1.84. The summed E-state index contributed by atoms with van der Waals surface area (Å²) in [6.07, 6.45) is 6.09. The van der Waals surface area contributed by atoms with E-state index in [-0.39, 0.29) is 0 Å². The molecule has 2 aliphatic carbocycles. The van der Waals surface area contributed by atoms with E-state index >= 15 is 0 Å². The molecule has 1 aromatic carbocycles. The molecule has 0 atom stereocenters. The minimum absolute atomic E-state index is 0.561. The molecule has 4 rings (SSSR count). The number of nitrogens with zero attached hydrogens (tertiary/aromatic N) is 1. The van der Waals surface area contributed by atoms with Crippen LogP contribution in [-0.2, 0) is 6.42 Å². The summed E-state index contributed by atoms with van der Waals surface area (Å²) in [5.74, 6) is 2.42. The second-order valence-corrected chi connectivity index (χ2v) is 6.71. The van der Waals surface area contributed by atoms with E-state index in [1.807, 2.05) is 18.2 Å². The second-order valence-electron chi connectivity index (χ2n) is 5.89. The normalized spacial score (nSPS) is 18.5. The van der Waals surface area contributed by atoms with Crippen LogP contribution in [-0.4, -0.2) is 5.16 Å². The average molecular weight is 308 g/mol. The summed E-state index contributed by atoms with van der Waals surface area (Å²) in [4.78, 5) is 0. The van der Waals surface area contributed by atoms with Gasteiger partial charge in [0.1, 0.15) is 11.5 Å². The fourth-order valence-electron chi connectivity index (χ4n) is 2.72. The number of benzene rings is 1. The van der Waals surface area contributed by atoms with Gasteiger partial charge in [-0.15, -0.1) is 0 Å². The first-order valence-electron chi connectivity index (χ1n) is 7.17. The zero-order valence-corrected chi connectivity index (χ0v) is 12.5. The van der Waals surface area contributed by atoms with Gasteiger partial charge in [0.25, 0.3) is 0 Å². The van der Waals surface area contributed by atoms with E-state index in [1.165, 1.54) is 31.2 Å². The van der Waals surface area contributed by atoms with Crippen molar-refractivity contribution >= 4 is 23.2 Å². The molecule has 1 heterocycles. The van der Waals surface area contributed by atoms with Crippen molar-refractivity contribution in [3.05, 3.63) is 39.6 Å². The molecular formula is C16H15Cl2NO. The Labute approximate surface area is 128 Å². The monoisotopic (exact) mass is 307 g/mol. The fourth-order valence-corrected chi connectivity index (χ4v) is 3.29. The summed E-state index contributed by atoms with van der Waals surface area (Å²) in [6, 6.07) is 5.57. The van der Waals surface area contributed by atoms with E-state index in [4.69, 9.17) is 27.7 Å². The highest BCUT2D eigenvalue weighted by atomic mass is 35.5. The number of halogens is 2. The van der Waals surface area contributed by atoms with Crippen molar-refractivity contribution in [2.24, 2.45) is 5.92 Å². The van der Waals surface area contributed by atoms with Gasteiger partial charge in [-0.05, 0) is 50.2 Å². The van der Waals surface area contributed by atoms with Crippen LogP contribution in [0.1, 0.15) is 42.9 Å². The molecule has 2 saturated carbocycles. The lowest BCUT2D eigenvalue weighted by Gasteiger charge is -2.06. The van der Waals surface area contributed by atoms with E-state index in [0.717, 1.165) is 29.4 Å². The van der Waals surface area contributed by atoms with E-state index in [1.54, 1.807) is 0 Å². The minimum Gasteiger partial charge on any atom is -0.360 e. The maximum absolute atomic E-state index is 6.33. The average Bonchev–Trinajstić information content (AvgIpc) is 3.31. The third-order valence-electron chi connectivity index (χ3n) is 4.16. The highest BCUT2D eigenvalue weighted by Gasteiger charge is 2.35. The lowest BCUT2D eigenvalue weighted by molar-refractivity contribution is 0.384. The first-order valence-corrected chi connectivity index (χ1v) is 7.92. The summed E-state index contributed by atoms with van der Waals surface area (Å²) < 4.78 is 5.65. The number of aromatic nitrogens is 1. The largest absolute Gasteiger partial charge is 0.360 e. The third kappa shape index (κ3) is 2.25. The molecule has 0 amide bonds. The first-order chi connectivity index (χ1) is 9.74. The molecule has 2 nitrogen and oxygen atoms in total. The van der Waals surface area contributed by atoms with Crippen LogP contribution in [0.4, 0.5) is 0 Å². The topological polar surface area (TPSA) is 26.0 Å². The van der Waals surface area contributed by atoms with Crippen molar-refractivity contribution in [2.75, 3.05) is 0 Å². The van der Waals surface area contributed by atoms with Crippen molar-refractivity contribution in [2.45, 2.75) is 38.0 Å². The van der Waals surface area contributed by atoms with Gasteiger partial charge in [0, 0.05) is 17.0 Å². The molecule has 104 valence electrons. The van der Waals surface area contributed by atoms with E-state index < -0.39 is 0 Å². The van der Waals surface area contributed by atoms with Crippen molar-refractivity contribution < 1.29 is 4.52 Å². The molecule has 0 spiro atoms. The van der Waals surface area contributed by atoms with Gasteiger partial charge in [0.05, 0.1) is 10.0 Å². The molecule has 2 aliphatic rings. The molecule has 4 heteroatoms. The Bertz CT molecular complexity index is 636. The predicted molar refractivity (Wildman–Crippen MR) is 80.4 cm³/mol. The molecule has 2 fully saturated rings. The highest BCUT2D eigenvalue weighted by Crippen LogP contribution is 2.48. The lowest BCUT2D eigenvalue weighted by atomic mass is 9.99. The van der Waals surface area contributed by atoms with Gasteiger partial charge in [-0.1, -0.05) is 34.4 Å². The van der Waals surface area contributed by atoms with Crippen molar-refractivity contribution in [3.8, 4) is 11.3 Å². The van der Waals surface area contributed by atoms with Crippen LogP contribution in [0, 0.1) is 5.92 Å². The zero-order valence-electron chi connectivity index (χ0n) is 11.0. The van der Waals surface area contributed by atoms with Crippen LogP contribution in [0.15, 0.2) is 22.7 Å². The van der Waals surface area contributed by atoms with Gasteiger partial charge >= 0.3 is 0 Å². The van der Waals surface area contributed by atoms with Gasteiger partial charge in [-0.2, -0.15) is 0 Å². The lowest BCUT2D eigenvalue weighted by Crippen LogP contribution is -1.94. The molecule has 0 saturated heterocycles. The molecule has 2 aromatic rings. The molecule has 0 bridgehead atoms. The van der Waals surface area contributed by atoms with Crippen molar-refractivity contribution in [3.63, 3.8) is 0 Å². The van der Waals surface area contributed by atoms with Crippen LogP contribution in [0.25, 0.3) is 11.3 Å². The van der Waals surface area contributed by atoms with Crippen LogP contribution >= 0.6 is 23.2 Å². The SMILES string of the molecule is Clc1cccc(Cl)c1-c1noc(C2CC2)c1CC1CC1. The van der Waals surface area contributed by atoms with Gasteiger partial charge in [0.2, 0.25) is 0 Å². The van der Waals surface area contributed by atoms with Crippen LogP contribution < -0.4 is 0 Å². The summed E-state index contributed by atoms with van der Waals surface area (Å²) in [6.45, 7) is 0. The van der Waals surface area contributed by atoms with Gasteiger partial charge in [-0.3, -0.25) is 0 Å². The molecule has 0 radical (unpaired) electrons. The number of rotatable bonds is 4. The quantitative estimate of drug-likeness (QED) is 0.747. The first kappa shape index (κ1) is 12.7. The van der Waals surface area contributed by atoms with E-state index in [9.17, 15) is 0 Å². The Morgan fingerprint density at radius 2 is 1.80 bits per heavy atom. The number of hydrogen-bond donors (Lipinski definition) is 0. The van der Waals surface area contributed by atoms with E-state index in [0.29, 0.717) is 16.0 Å². The van der Waals surface area contributed by atoms with Crippen molar-refractivity contribution in [1.82, 2.24) is 5.16 Å². The molecule has 0 aliphatic heterocycles. The minimum atomic E-state index is 0.561.